The number of nitrogens with two attached hydrogens (primary N) is 1. The molecule has 1 aromatic heterocycles. The van der Waals surface area contributed by atoms with E-state index in [1.807, 2.05) is 14.0 Å². The van der Waals surface area contributed by atoms with Gasteiger partial charge in [0.25, 0.3) is 0 Å². The van der Waals surface area contributed by atoms with Crippen molar-refractivity contribution in [1.82, 2.24) is 10.3 Å². The number of Topliss-reactive ketones (excluding diaryl/α,β-unsaturated/α-hetero) is 1. The second-order valence-electron chi connectivity index (χ2n) is 3.16. The largest absolute Gasteiger partial charge is 0.383 e. The molecular formula is C10H15N3O. The first kappa shape index (κ1) is 10.7. The number of nitrogens with one attached hydrogen (secondary N) is 1. The minimum atomic E-state index is 0.0439. The Hall–Kier alpha value is -1.42. The maximum absolute atomic E-state index is 11.7. The van der Waals surface area contributed by atoms with Gasteiger partial charge in [-0.05, 0) is 25.6 Å². The van der Waals surface area contributed by atoms with Crippen LogP contribution in [0.1, 0.15) is 22.3 Å². The molecular weight excluding hydrogens is 178 g/mol. The van der Waals surface area contributed by atoms with Crippen LogP contribution >= 0.6 is 0 Å². The molecule has 14 heavy (non-hydrogen) atoms. The summed E-state index contributed by atoms with van der Waals surface area (Å²) in [5.41, 5.74) is 7.09. The molecule has 1 rings (SSSR count). The molecule has 76 valence electrons. The van der Waals surface area contributed by atoms with Gasteiger partial charge in [0.2, 0.25) is 0 Å². The Morgan fingerprint density at radius 2 is 2.36 bits per heavy atom. The zero-order valence-corrected chi connectivity index (χ0v) is 8.50. The van der Waals surface area contributed by atoms with Crippen molar-refractivity contribution >= 4 is 11.6 Å². The van der Waals surface area contributed by atoms with Crippen LogP contribution in [0.2, 0.25) is 0 Å². The summed E-state index contributed by atoms with van der Waals surface area (Å²) >= 11 is 0. The van der Waals surface area contributed by atoms with Crippen LogP contribution in [0.15, 0.2) is 12.3 Å². The summed E-state index contributed by atoms with van der Waals surface area (Å²) in [5, 5.41) is 2.93. The second-order valence-corrected chi connectivity index (χ2v) is 3.16. The molecule has 0 spiro atoms. The SMILES string of the molecule is CNCCC(=O)c1c(C)ccnc1N. The molecule has 0 aliphatic rings. The van der Waals surface area contributed by atoms with Crippen LogP contribution in [0.3, 0.4) is 0 Å². The van der Waals surface area contributed by atoms with Crippen LogP contribution in [0.4, 0.5) is 5.82 Å². The lowest BCUT2D eigenvalue weighted by Crippen LogP contribution is -2.15. The average Bonchev–Trinajstić information content (AvgIpc) is 2.14. The van der Waals surface area contributed by atoms with E-state index in [0.717, 1.165) is 5.56 Å². The van der Waals surface area contributed by atoms with Gasteiger partial charge in [-0.1, -0.05) is 0 Å². The Labute approximate surface area is 83.5 Å². The number of nitrogens with zero attached hydrogens (tertiary/aromatic N) is 1. The highest BCUT2D eigenvalue weighted by atomic mass is 16.1. The van der Waals surface area contributed by atoms with Gasteiger partial charge >= 0.3 is 0 Å². The van der Waals surface area contributed by atoms with Crippen molar-refractivity contribution in [3.05, 3.63) is 23.4 Å². The molecule has 0 radical (unpaired) electrons. The number of rotatable bonds is 4. The Kier molecular flexibility index (Phi) is 3.59. The molecule has 0 fully saturated rings. The fourth-order valence-electron chi connectivity index (χ4n) is 1.31. The lowest BCUT2D eigenvalue weighted by atomic mass is 10.0. The van der Waals surface area contributed by atoms with E-state index in [4.69, 9.17) is 5.73 Å². The van der Waals surface area contributed by atoms with E-state index in [9.17, 15) is 4.79 Å². The van der Waals surface area contributed by atoms with E-state index < -0.39 is 0 Å². The molecule has 0 atom stereocenters. The van der Waals surface area contributed by atoms with E-state index in [1.165, 1.54) is 0 Å². The fraction of sp³-hybridized carbons (Fsp3) is 0.400. The molecule has 0 aliphatic heterocycles. The first-order valence-corrected chi connectivity index (χ1v) is 4.55. The topological polar surface area (TPSA) is 68.0 Å². The van der Waals surface area contributed by atoms with E-state index in [0.29, 0.717) is 24.3 Å². The van der Waals surface area contributed by atoms with Crippen molar-refractivity contribution in [2.75, 3.05) is 19.3 Å². The molecule has 3 N–H and O–H groups in total. The average molecular weight is 193 g/mol. The van der Waals surface area contributed by atoms with Crippen molar-refractivity contribution in [2.45, 2.75) is 13.3 Å². The van der Waals surface area contributed by atoms with Crippen LogP contribution in [0, 0.1) is 6.92 Å². The zero-order chi connectivity index (χ0) is 10.6. The molecule has 0 bridgehead atoms. The fourth-order valence-corrected chi connectivity index (χ4v) is 1.31. The molecule has 0 saturated heterocycles. The van der Waals surface area contributed by atoms with Crippen LogP contribution in [-0.4, -0.2) is 24.4 Å². The van der Waals surface area contributed by atoms with Crippen LogP contribution in [-0.2, 0) is 0 Å². The van der Waals surface area contributed by atoms with Crippen LogP contribution < -0.4 is 11.1 Å². The van der Waals surface area contributed by atoms with E-state index >= 15 is 0 Å². The first-order valence-electron chi connectivity index (χ1n) is 4.55. The Bertz CT molecular complexity index is 316. The predicted octanol–water partition coefficient (Wildman–Crippen LogP) is 0.764. The van der Waals surface area contributed by atoms with Crippen molar-refractivity contribution in [2.24, 2.45) is 0 Å². The molecule has 4 nitrogen and oxygen atoms in total. The van der Waals surface area contributed by atoms with E-state index in [1.54, 1.807) is 12.3 Å². The smallest absolute Gasteiger partial charge is 0.168 e. The minimum Gasteiger partial charge on any atom is -0.383 e. The van der Waals surface area contributed by atoms with Crippen molar-refractivity contribution < 1.29 is 4.79 Å². The first-order chi connectivity index (χ1) is 6.66. The second kappa shape index (κ2) is 4.72. The van der Waals surface area contributed by atoms with Gasteiger partial charge in [-0.25, -0.2) is 4.98 Å². The number of carbonyl (C=O) groups is 1. The summed E-state index contributed by atoms with van der Waals surface area (Å²) in [5.74, 6) is 0.369. The maximum Gasteiger partial charge on any atom is 0.168 e. The highest BCUT2D eigenvalue weighted by Crippen LogP contribution is 2.15. The number of hydrogen-bond donors (Lipinski definition) is 2. The third kappa shape index (κ3) is 2.29. The molecule has 4 heteroatoms. The number of pyridine rings is 1. The summed E-state index contributed by atoms with van der Waals surface area (Å²) < 4.78 is 0. The van der Waals surface area contributed by atoms with Gasteiger partial charge < -0.3 is 11.1 Å². The van der Waals surface area contributed by atoms with Gasteiger partial charge in [-0.2, -0.15) is 0 Å². The molecule has 0 amide bonds. The highest BCUT2D eigenvalue weighted by molar-refractivity contribution is 6.01. The molecule has 0 unspecified atom stereocenters. The maximum atomic E-state index is 11.7. The third-order valence-corrected chi connectivity index (χ3v) is 2.07. The highest BCUT2D eigenvalue weighted by Gasteiger charge is 2.12. The normalized spacial score (nSPS) is 10.1. The van der Waals surface area contributed by atoms with Crippen molar-refractivity contribution in [1.29, 1.82) is 0 Å². The van der Waals surface area contributed by atoms with Gasteiger partial charge in [0.15, 0.2) is 5.78 Å². The standard InChI is InChI=1S/C10H15N3O/c1-7-3-6-13-10(11)9(7)8(14)4-5-12-2/h3,6,12H,4-5H2,1-2H3,(H2,11,13). The van der Waals surface area contributed by atoms with Crippen molar-refractivity contribution in [3.63, 3.8) is 0 Å². The zero-order valence-electron chi connectivity index (χ0n) is 8.50. The Balaban J connectivity index is 2.89. The minimum absolute atomic E-state index is 0.0439. The molecule has 1 heterocycles. The monoisotopic (exact) mass is 193 g/mol. The summed E-state index contributed by atoms with van der Waals surface area (Å²) in [6, 6.07) is 1.79. The van der Waals surface area contributed by atoms with Gasteiger partial charge in [0.05, 0.1) is 5.56 Å². The quantitative estimate of drug-likeness (QED) is 0.693. The Morgan fingerprint density at radius 3 is 2.93 bits per heavy atom. The van der Waals surface area contributed by atoms with Crippen LogP contribution in [0.5, 0.6) is 0 Å². The van der Waals surface area contributed by atoms with Gasteiger partial charge in [0.1, 0.15) is 5.82 Å². The molecule has 1 aromatic rings. The van der Waals surface area contributed by atoms with E-state index in [-0.39, 0.29) is 5.78 Å². The number of hydrogen-bond acceptors (Lipinski definition) is 4. The van der Waals surface area contributed by atoms with Gasteiger partial charge in [0, 0.05) is 19.2 Å². The number of aryl methyl sites for hydroxylation is 1. The number of ketones is 1. The summed E-state index contributed by atoms with van der Waals surface area (Å²) in [7, 11) is 1.81. The summed E-state index contributed by atoms with van der Waals surface area (Å²) in [6.45, 7) is 2.53. The molecule has 0 aliphatic carbocycles. The van der Waals surface area contributed by atoms with Gasteiger partial charge in [-0.15, -0.1) is 0 Å². The molecule has 0 saturated carbocycles. The number of carbonyl (C=O) groups excluding carboxylic acids is 1. The third-order valence-electron chi connectivity index (χ3n) is 2.07. The number of nitrogen functional groups attached to an aromatic ring is 1. The predicted molar refractivity (Wildman–Crippen MR) is 56.3 cm³/mol. The summed E-state index contributed by atoms with van der Waals surface area (Å²) in [6.07, 6.45) is 2.06. The number of aromatic nitrogens is 1. The van der Waals surface area contributed by atoms with E-state index in [2.05, 4.69) is 10.3 Å². The van der Waals surface area contributed by atoms with Crippen LogP contribution in [0.25, 0.3) is 0 Å². The lowest BCUT2D eigenvalue weighted by Gasteiger charge is -2.06. The molecule has 0 aromatic carbocycles. The van der Waals surface area contributed by atoms with Crippen molar-refractivity contribution in [3.8, 4) is 0 Å². The lowest BCUT2D eigenvalue weighted by molar-refractivity contribution is 0.0983. The summed E-state index contributed by atoms with van der Waals surface area (Å²) in [4.78, 5) is 15.6. The van der Waals surface area contributed by atoms with Gasteiger partial charge in [-0.3, -0.25) is 4.79 Å². The Morgan fingerprint density at radius 1 is 1.64 bits per heavy atom. The number of anilines is 1.